The maximum atomic E-state index is 10.8. The van der Waals surface area contributed by atoms with Crippen LogP contribution in [0.2, 0.25) is 0 Å². The Morgan fingerprint density at radius 2 is 1.74 bits per heavy atom. The van der Waals surface area contributed by atoms with Crippen molar-refractivity contribution in [1.29, 1.82) is 0 Å². The van der Waals surface area contributed by atoms with Gasteiger partial charge in [0.05, 0.1) is 10.5 Å². The number of carboxylic acid groups (broad SMARTS) is 2. The Kier molecular flexibility index (Phi) is 6.25. The predicted molar refractivity (Wildman–Crippen MR) is 54.2 cm³/mol. The van der Waals surface area contributed by atoms with Crippen LogP contribution < -0.4 is 29.6 Å². The molecule has 1 atom stereocenters. The number of hydrogen-bond acceptors (Lipinski definition) is 6. The van der Waals surface area contributed by atoms with Crippen LogP contribution in [0.4, 0.5) is 5.69 Å². The largest absolute Gasteiger partial charge is 1.00 e. The zero-order valence-corrected chi connectivity index (χ0v) is 12.2. The van der Waals surface area contributed by atoms with Gasteiger partial charge >= 0.3 is 41.5 Å². The van der Waals surface area contributed by atoms with Crippen LogP contribution in [0, 0.1) is 10.1 Å². The molecule has 96 valence electrons. The van der Waals surface area contributed by atoms with Crippen molar-refractivity contribution in [2.24, 2.45) is 0 Å². The van der Waals surface area contributed by atoms with Crippen molar-refractivity contribution in [2.75, 3.05) is 0 Å². The van der Waals surface area contributed by atoms with Crippen molar-refractivity contribution < 1.29 is 63.0 Å². The number of carboxylic acids is 2. The Morgan fingerprint density at radius 1 is 1.21 bits per heavy atom. The van der Waals surface area contributed by atoms with Crippen LogP contribution in [0.25, 0.3) is 0 Å². The van der Waals surface area contributed by atoms with E-state index in [1.54, 1.807) is 0 Å². The number of aromatic carboxylic acids is 2. The summed E-state index contributed by atoms with van der Waals surface area (Å²) < 4.78 is 21.3. The first-order chi connectivity index (χ1) is 8.25. The zero-order valence-electron chi connectivity index (χ0n) is 9.35. The van der Waals surface area contributed by atoms with Gasteiger partial charge in [-0.3, -0.25) is 14.3 Å². The summed E-state index contributed by atoms with van der Waals surface area (Å²) in [5.74, 6) is -3.61. The molecular formula is C8H4NNaO8S. The predicted octanol–water partition coefficient (Wildman–Crippen LogP) is -2.77. The van der Waals surface area contributed by atoms with Gasteiger partial charge in [-0.2, -0.15) is 0 Å². The van der Waals surface area contributed by atoms with Crippen LogP contribution in [0.5, 0.6) is 0 Å². The van der Waals surface area contributed by atoms with Crippen LogP contribution in [-0.2, 0) is 11.1 Å². The molecule has 1 aromatic rings. The summed E-state index contributed by atoms with van der Waals surface area (Å²) in [6.07, 6.45) is 0. The zero-order chi connectivity index (χ0) is 14.0. The molecule has 0 heterocycles. The van der Waals surface area contributed by atoms with Gasteiger partial charge in [-0.1, -0.05) is 0 Å². The van der Waals surface area contributed by atoms with E-state index in [1.165, 1.54) is 0 Å². The summed E-state index contributed by atoms with van der Waals surface area (Å²) >= 11 is -2.91. The molecule has 2 N–H and O–H groups in total. The molecule has 11 heteroatoms. The Morgan fingerprint density at radius 3 is 2.05 bits per heavy atom. The monoisotopic (exact) mass is 297 g/mol. The smallest absolute Gasteiger partial charge is 0.768 e. The van der Waals surface area contributed by atoms with Gasteiger partial charge in [0.1, 0.15) is 0 Å². The Hall–Kier alpha value is -1.33. The third-order valence-electron chi connectivity index (χ3n) is 1.92. The molecule has 0 fully saturated rings. The van der Waals surface area contributed by atoms with Crippen molar-refractivity contribution in [1.82, 2.24) is 0 Å². The topological polar surface area (TPSA) is 158 Å². The molecule has 0 aliphatic heterocycles. The summed E-state index contributed by atoms with van der Waals surface area (Å²) in [6.45, 7) is 0. The molecule has 0 aliphatic carbocycles. The first-order valence-corrected chi connectivity index (χ1v) is 5.21. The van der Waals surface area contributed by atoms with Crippen molar-refractivity contribution in [2.45, 2.75) is 4.90 Å². The minimum Gasteiger partial charge on any atom is -0.768 e. The number of hydrogen-bond donors (Lipinski definition) is 2. The molecule has 1 rings (SSSR count). The number of carbonyl (C=O) groups is 2. The van der Waals surface area contributed by atoms with Gasteiger partial charge in [0.25, 0.3) is 5.69 Å². The van der Waals surface area contributed by atoms with E-state index in [0.29, 0.717) is 12.1 Å². The van der Waals surface area contributed by atoms with E-state index in [1.807, 2.05) is 0 Å². The quantitative estimate of drug-likeness (QED) is 0.261. The average Bonchev–Trinajstić information content (AvgIpc) is 2.26. The summed E-state index contributed by atoms with van der Waals surface area (Å²) in [7, 11) is 0. The normalized spacial score (nSPS) is 11.2. The summed E-state index contributed by atoms with van der Waals surface area (Å²) in [5, 5.41) is 28.1. The maximum Gasteiger partial charge on any atom is 1.00 e. The summed E-state index contributed by atoms with van der Waals surface area (Å²) in [5.41, 5.74) is -3.13. The van der Waals surface area contributed by atoms with Gasteiger partial charge in [-0.25, -0.2) is 9.59 Å². The van der Waals surface area contributed by atoms with Gasteiger partial charge in [-0.05, 0) is 17.1 Å². The van der Waals surface area contributed by atoms with E-state index >= 15 is 0 Å². The molecule has 0 bridgehead atoms. The minimum absolute atomic E-state index is 0. The second kappa shape index (κ2) is 6.73. The maximum absolute atomic E-state index is 10.8. The average molecular weight is 297 g/mol. The van der Waals surface area contributed by atoms with Crippen molar-refractivity contribution in [3.63, 3.8) is 0 Å². The molecule has 9 nitrogen and oxygen atoms in total. The van der Waals surface area contributed by atoms with Crippen molar-refractivity contribution in [3.05, 3.63) is 33.4 Å². The summed E-state index contributed by atoms with van der Waals surface area (Å²) in [4.78, 5) is 30.4. The molecular weight excluding hydrogens is 293 g/mol. The van der Waals surface area contributed by atoms with E-state index in [4.69, 9.17) is 10.2 Å². The van der Waals surface area contributed by atoms with Gasteiger partial charge in [-0.15, -0.1) is 0 Å². The number of nitrogens with zero attached hydrogens (tertiary/aromatic N) is 1. The third-order valence-corrected chi connectivity index (χ3v) is 2.55. The molecule has 0 saturated carbocycles. The molecule has 19 heavy (non-hydrogen) atoms. The summed E-state index contributed by atoms with van der Waals surface area (Å²) in [6, 6.07) is 1.03. The number of rotatable bonds is 4. The van der Waals surface area contributed by atoms with Gasteiger partial charge in [0.15, 0.2) is 5.56 Å². The first kappa shape index (κ1) is 17.7. The van der Waals surface area contributed by atoms with Crippen LogP contribution in [-0.4, -0.2) is 35.8 Å². The number of nitro benzene ring substituents is 1. The molecule has 0 aromatic heterocycles. The van der Waals surface area contributed by atoms with Crippen LogP contribution in [0.3, 0.4) is 0 Å². The van der Waals surface area contributed by atoms with Gasteiger partial charge in [0, 0.05) is 11.0 Å². The van der Waals surface area contributed by atoms with E-state index in [-0.39, 0.29) is 29.6 Å². The van der Waals surface area contributed by atoms with Crippen LogP contribution >= 0.6 is 0 Å². The Labute approximate surface area is 130 Å². The minimum atomic E-state index is -2.91. The standard InChI is InChI=1S/C8H5NO8S.Na/c10-7(11)4-1-3(18(16)17)2-5(9(14)15)6(4)8(12)13;/h1-2H,(H,10,11)(H,12,13)(H,16,17);/q;+1/p-1. The van der Waals surface area contributed by atoms with Crippen molar-refractivity contribution >= 4 is 28.7 Å². The molecule has 0 amide bonds. The number of nitro groups is 1. The van der Waals surface area contributed by atoms with E-state index in [2.05, 4.69) is 0 Å². The van der Waals surface area contributed by atoms with E-state index in [9.17, 15) is 28.5 Å². The van der Waals surface area contributed by atoms with E-state index in [0.717, 1.165) is 0 Å². The molecule has 0 radical (unpaired) electrons. The molecule has 0 spiro atoms. The first-order valence-electron chi connectivity index (χ1n) is 4.14. The molecule has 0 saturated heterocycles. The fraction of sp³-hybridized carbons (Fsp3) is 0. The van der Waals surface area contributed by atoms with Gasteiger partial charge in [0.2, 0.25) is 0 Å². The number of benzene rings is 1. The fourth-order valence-electron chi connectivity index (χ4n) is 1.23. The second-order valence-electron chi connectivity index (χ2n) is 2.97. The van der Waals surface area contributed by atoms with E-state index < -0.39 is 49.7 Å². The Bertz CT molecular complexity index is 551. The van der Waals surface area contributed by atoms with Gasteiger partial charge < -0.3 is 14.8 Å². The SMILES string of the molecule is O=C(O)c1cc(S(=O)[O-])cc([N+](=O)[O-])c1C(=O)O.[Na+]. The molecule has 0 aliphatic rings. The third kappa shape index (κ3) is 3.81. The second-order valence-corrected chi connectivity index (χ2v) is 3.91. The molecule has 1 aromatic carbocycles. The Balaban J connectivity index is 0.00000324. The van der Waals surface area contributed by atoms with Crippen LogP contribution in [0.15, 0.2) is 17.0 Å². The van der Waals surface area contributed by atoms with Crippen LogP contribution in [0.1, 0.15) is 20.7 Å². The fourth-order valence-corrected chi connectivity index (χ4v) is 1.66. The molecule has 1 unspecified atom stereocenters. The van der Waals surface area contributed by atoms with Crippen molar-refractivity contribution in [3.8, 4) is 0 Å².